The highest BCUT2D eigenvalue weighted by atomic mass is 16.1. The second-order valence-electron chi connectivity index (χ2n) is 5.87. The molecule has 1 heterocycles. The van der Waals surface area contributed by atoms with Crippen molar-refractivity contribution in [1.29, 1.82) is 0 Å². The minimum atomic E-state index is -0.168. The molecule has 0 fully saturated rings. The smallest absolute Gasteiger partial charge is 0.254 e. The van der Waals surface area contributed by atoms with Crippen LogP contribution in [-0.2, 0) is 0 Å². The molecule has 6 nitrogen and oxygen atoms in total. The van der Waals surface area contributed by atoms with Crippen LogP contribution in [-0.4, -0.2) is 48.0 Å². The lowest BCUT2D eigenvalue weighted by Gasteiger charge is -2.26. The summed E-state index contributed by atoms with van der Waals surface area (Å²) in [5.74, 6) is 0.360. The van der Waals surface area contributed by atoms with Gasteiger partial charge in [0.05, 0.1) is 11.6 Å². The molecular formula is C18H25N5O. The number of aryl methyl sites for hydroxylation is 1. The van der Waals surface area contributed by atoms with Crippen LogP contribution in [0.4, 0.5) is 5.95 Å². The number of anilines is 1. The molecule has 2 rings (SSSR count). The highest BCUT2D eigenvalue weighted by Crippen LogP contribution is 2.21. The molecule has 0 aliphatic rings. The Labute approximate surface area is 143 Å². The van der Waals surface area contributed by atoms with Gasteiger partial charge in [-0.3, -0.25) is 4.79 Å². The lowest BCUT2D eigenvalue weighted by atomic mass is 10.0. The van der Waals surface area contributed by atoms with E-state index in [1.165, 1.54) is 11.1 Å². The van der Waals surface area contributed by atoms with Gasteiger partial charge in [-0.15, -0.1) is 0 Å². The van der Waals surface area contributed by atoms with Gasteiger partial charge in [0.1, 0.15) is 0 Å². The van der Waals surface area contributed by atoms with E-state index < -0.39 is 0 Å². The molecule has 0 radical (unpaired) electrons. The molecule has 0 saturated carbocycles. The van der Waals surface area contributed by atoms with Crippen molar-refractivity contribution in [2.45, 2.75) is 19.9 Å². The third-order valence-electron chi connectivity index (χ3n) is 3.88. The van der Waals surface area contributed by atoms with E-state index in [2.05, 4.69) is 44.6 Å². The summed E-state index contributed by atoms with van der Waals surface area (Å²) in [5, 5.41) is 5.98. The summed E-state index contributed by atoms with van der Waals surface area (Å²) >= 11 is 0. The van der Waals surface area contributed by atoms with Gasteiger partial charge in [0.25, 0.3) is 5.91 Å². The van der Waals surface area contributed by atoms with Gasteiger partial charge in [-0.2, -0.15) is 0 Å². The molecule has 128 valence electrons. The second-order valence-corrected chi connectivity index (χ2v) is 5.87. The summed E-state index contributed by atoms with van der Waals surface area (Å²) in [7, 11) is 4.02. The third kappa shape index (κ3) is 4.52. The van der Waals surface area contributed by atoms with Gasteiger partial charge in [0.2, 0.25) is 5.95 Å². The molecule has 0 aliphatic carbocycles. The number of nitrogens with zero attached hydrogens (tertiary/aromatic N) is 3. The van der Waals surface area contributed by atoms with E-state index in [1.54, 1.807) is 12.4 Å². The zero-order chi connectivity index (χ0) is 17.5. The fraction of sp³-hybridized carbons (Fsp3) is 0.389. The van der Waals surface area contributed by atoms with Crippen molar-refractivity contribution >= 4 is 11.9 Å². The molecule has 1 atom stereocenters. The maximum Gasteiger partial charge on any atom is 0.254 e. The van der Waals surface area contributed by atoms with Gasteiger partial charge in [-0.1, -0.05) is 24.3 Å². The van der Waals surface area contributed by atoms with E-state index in [4.69, 9.17) is 0 Å². The Morgan fingerprint density at radius 1 is 1.21 bits per heavy atom. The Kier molecular flexibility index (Phi) is 6.26. The number of hydrogen-bond acceptors (Lipinski definition) is 5. The second kappa shape index (κ2) is 8.40. The van der Waals surface area contributed by atoms with Crippen molar-refractivity contribution < 1.29 is 4.79 Å². The van der Waals surface area contributed by atoms with E-state index in [9.17, 15) is 4.79 Å². The SMILES string of the molecule is CCNc1ncc(C(=O)NC[C@@H](c2ccccc2C)N(C)C)cn1. The van der Waals surface area contributed by atoms with Crippen molar-refractivity contribution in [1.82, 2.24) is 20.2 Å². The van der Waals surface area contributed by atoms with E-state index in [-0.39, 0.29) is 11.9 Å². The van der Waals surface area contributed by atoms with Crippen LogP contribution < -0.4 is 10.6 Å². The first-order chi connectivity index (χ1) is 11.5. The summed E-state index contributed by atoms with van der Waals surface area (Å²) in [6, 6.07) is 8.33. The minimum Gasteiger partial charge on any atom is -0.355 e. The lowest BCUT2D eigenvalue weighted by molar-refractivity contribution is 0.0941. The lowest BCUT2D eigenvalue weighted by Crippen LogP contribution is -2.35. The number of hydrogen-bond donors (Lipinski definition) is 2. The molecule has 0 unspecified atom stereocenters. The number of likely N-dealkylation sites (N-methyl/N-ethyl adjacent to an activating group) is 1. The highest BCUT2D eigenvalue weighted by molar-refractivity contribution is 5.93. The first-order valence-electron chi connectivity index (χ1n) is 8.09. The molecule has 0 saturated heterocycles. The normalized spacial score (nSPS) is 12.0. The molecule has 2 N–H and O–H groups in total. The fourth-order valence-corrected chi connectivity index (χ4v) is 2.52. The molecular weight excluding hydrogens is 302 g/mol. The predicted octanol–water partition coefficient (Wildman–Crippen LogP) is 2.25. The maximum absolute atomic E-state index is 12.3. The van der Waals surface area contributed by atoms with Gasteiger partial charge >= 0.3 is 0 Å². The number of aromatic nitrogens is 2. The Bertz CT molecular complexity index is 669. The average Bonchev–Trinajstić information content (AvgIpc) is 2.57. The molecule has 0 aliphatic heterocycles. The number of rotatable bonds is 7. The van der Waals surface area contributed by atoms with Crippen molar-refractivity contribution in [3.8, 4) is 0 Å². The minimum absolute atomic E-state index is 0.108. The molecule has 1 aromatic heterocycles. The first-order valence-corrected chi connectivity index (χ1v) is 8.09. The van der Waals surface area contributed by atoms with Crippen LogP contribution in [0.1, 0.15) is 34.5 Å². The molecule has 2 aromatic rings. The van der Waals surface area contributed by atoms with Gasteiger partial charge in [0.15, 0.2) is 0 Å². The number of carbonyl (C=O) groups excluding carboxylic acids is 1. The first kappa shape index (κ1) is 17.9. The van der Waals surface area contributed by atoms with Crippen molar-refractivity contribution in [2.75, 3.05) is 32.5 Å². The van der Waals surface area contributed by atoms with Crippen molar-refractivity contribution in [2.24, 2.45) is 0 Å². The zero-order valence-corrected chi connectivity index (χ0v) is 14.7. The average molecular weight is 327 g/mol. The summed E-state index contributed by atoms with van der Waals surface area (Å²) < 4.78 is 0. The largest absolute Gasteiger partial charge is 0.355 e. The Balaban J connectivity index is 2.04. The quantitative estimate of drug-likeness (QED) is 0.816. The zero-order valence-electron chi connectivity index (χ0n) is 14.7. The molecule has 24 heavy (non-hydrogen) atoms. The molecule has 1 aromatic carbocycles. The van der Waals surface area contributed by atoms with Crippen LogP contribution >= 0.6 is 0 Å². The monoisotopic (exact) mass is 327 g/mol. The van der Waals surface area contributed by atoms with Gasteiger partial charge in [0, 0.05) is 25.5 Å². The third-order valence-corrected chi connectivity index (χ3v) is 3.88. The Morgan fingerprint density at radius 3 is 2.46 bits per heavy atom. The van der Waals surface area contributed by atoms with Crippen LogP contribution in [0.3, 0.4) is 0 Å². The summed E-state index contributed by atoms with van der Waals surface area (Å²) in [4.78, 5) is 22.7. The van der Waals surface area contributed by atoms with Crippen LogP contribution in [0.25, 0.3) is 0 Å². The van der Waals surface area contributed by atoms with E-state index in [0.29, 0.717) is 18.1 Å². The van der Waals surface area contributed by atoms with Gasteiger partial charge < -0.3 is 15.5 Å². The van der Waals surface area contributed by atoms with Gasteiger partial charge in [-0.25, -0.2) is 9.97 Å². The summed E-state index contributed by atoms with van der Waals surface area (Å²) in [6.45, 7) is 5.32. The molecule has 1 amide bonds. The summed E-state index contributed by atoms with van der Waals surface area (Å²) in [6.07, 6.45) is 3.08. The van der Waals surface area contributed by atoms with Gasteiger partial charge in [-0.05, 0) is 39.1 Å². The Morgan fingerprint density at radius 2 is 1.88 bits per heavy atom. The highest BCUT2D eigenvalue weighted by Gasteiger charge is 2.17. The number of nitrogens with one attached hydrogen (secondary N) is 2. The van der Waals surface area contributed by atoms with Crippen molar-refractivity contribution in [3.05, 3.63) is 53.3 Å². The maximum atomic E-state index is 12.3. The van der Waals surface area contributed by atoms with Crippen LogP contribution in [0.15, 0.2) is 36.7 Å². The van der Waals surface area contributed by atoms with Crippen LogP contribution in [0, 0.1) is 6.92 Å². The number of carbonyl (C=O) groups is 1. The predicted molar refractivity (Wildman–Crippen MR) is 96.1 cm³/mol. The number of benzene rings is 1. The van der Waals surface area contributed by atoms with E-state index in [0.717, 1.165) is 6.54 Å². The van der Waals surface area contributed by atoms with Crippen LogP contribution in [0.2, 0.25) is 0 Å². The fourth-order valence-electron chi connectivity index (χ4n) is 2.52. The topological polar surface area (TPSA) is 70.2 Å². The van der Waals surface area contributed by atoms with Crippen molar-refractivity contribution in [3.63, 3.8) is 0 Å². The standard InChI is InChI=1S/C18H25N5O/c1-5-19-18-21-10-14(11-22-18)17(24)20-12-16(23(3)4)15-9-7-6-8-13(15)2/h6-11,16H,5,12H2,1-4H3,(H,20,24)(H,19,21,22)/t16-/m0/s1. The molecule has 0 spiro atoms. The van der Waals surface area contributed by atoms with E-state index >= 15 is 0 Å². The Hall–Kier alpha value is -2.47. The summed E-state index contributed by atoms with van der Waals surface area (Å²) in [5.41, 5.74) is 2.88. The van der Waals surface area contributed by atoms with E-state index in [1.807, 2.05) is 33.2 Å². The molecule has 6 heteroatoms. The van der Waals surface area contributed by atoms with Crippen LogP contribution in [0.5, 0.6) is 0 Å². The number of amides is 1. The molecule has 0 bridgehead atoms.